The van der Waals surface area contributed by atoms with Crippen LogP contribution in [0, 0.1) is 46.8 Å². The zero-order valence-electron chi connectivity index (χ0n) is 18.3. The molecule has 4 aliphatic carbocycles. The first kappa shape index (κ1) is 20.0. The Hall–Kier alpha value is -0.300. The highest BCUT2D eigenvalue weighted by molar-refractivity contribution is 5.20. The molecule has 0 aromatic rings. The number of aliphatic hydroxyl groups excluding tert-OH is 1. The molecule has 0 spiro atoms. The Kier molecular flexibility index (Phi) is 5.81. The van der Waals surface area contributed by atoms with E-state index in [1.807, 2.05) is 0 Å². The number of rotatable bonds is 5. The molecule has 4 fully saturated rings. The predicted octanol–water partition coefficient (Wildman–Crippen LogP) is 7.00. The Labute approximate surface area is 168 Å². The predicted molar refractivity (Wildman–Crippen MR) is 114 cm³/mol. The van der Waals surface area contributed by atoms with Gasteiger partial charge < -0.3 is 5.11 Å². The molecule has 0 bridgehead atoms. The van der Waals surface area contributed by atoms with Gasteiger partial charge in [0.2, 0.25) is 0 Å². The average molecular weight is 373 g/mol. The van der Waals surface area contributed by atoms with E-state index in [0.717, 1.165) is 48.9 Å². The Balaban J connectivity index is 1.47. The lowest BCUT2D eigenvalue weighted by atomic mass is 9.48. The molecule has 0 saturated heterocycles. The quantitative estimate of drug-likeness (QED) is 0.515. The van der Waals surface area contributed by atoms with Crippen molar-refractivity contribution in [2.75, 3.05) is 0 Å². The van der Waals surface area contributed by atoms with Crippen molar-refractivity contribution in [2.24, 2.45) is 46.8 Å². The van der Waals surface area contributed by atoms with Crippen molar-refractivity contribution in [3.63, 3.8) is 0 Å². The molecular weight excluding hydrogens is 328 g/mol. The molecule has 4 aliphatic rings. The summed E-state index contributed by atoms with van der Waals surface area (Å²) >= 11 is 0. The molecule has 0 aromatic heterocycles. The number of hydrogen-bond acceptors (Lipinski definition) is 1. The number of allylic oxidation sites excluding steroid dienone is 1. The molecule has 0 aromatic carbocycles. The first-order valence-electron chi connectivity index (χ1n) is 12.3. The van der Waals surface area contributed by atoms with Crippen LogP contribution in [0.5, 0.6) is 0 Å². The van der Waals surface area contributed by atoms with Gasteiger partial charge in [-0.25, -0.2) is 0 Å². The molecule has 27 heavy (non-hydrogen) atoms. The lowest BCUT2D eigenvalue weighted by molar-refractivity contribution is -0.0358. The zero-order valence-corrected chi connectivity index (χ0v) is 18.3. The van der Waals surface area contributed by atoms with Crippen LogP contribution in [-0.4, -0.2) is 11.2 Å². The van der Waals surface area contributed by atoms with Crippen LogP contribution in [0.15, 0.2) is 12.2 Å². The van der Waals surface area contributed by atoms with E-state index in [0.29, 0.717) is 17.3 Å². The Morgan fingerprint density at radius 2 is 1.78 bits per heavy atom. The largest absolute Gasteiger partial charge is 0.393 e. The van der Waals surface area contributed by atoms with E-state index in [9.17, 15) is 5.11 Å². The van der Waals surface area contributed by atoms with E-state index in [1.165, 1.54) is 57.8 Å². The summed E-state index contributed by atoms with van der Waals surface area (Å²) in [4.78, 5) is 0. The fourth-order valence-electron chi connectivity index (χ4n) is 8.32. The van der Waals surface area contributed by atoms with Gasteiger partial charge in [-0.15, -0.1) is 0 Å². The van der Waals surface area contributed by atoms with E-state index in [1.54, 1.807) is 5.57 Å². The Bertz CT molecular complexity index is 536. The van der Waals surface area contributed by atoms with Gasteiger partial charge in [0.1, 0.15) is 0 Å². The van der Waals surface area contributed by atoms with Gasteiger partial charge in [0.25, 0.3) is 0 Å². The van der Waals surface area contributed by atoms with Gasteiger partial charge in [-0.3, -0.25) is 0 Å². The highest BCUT2D eigenvalue weighted by Gasteiger charge is 2.57. The Morgan fingerprint density at radius 1 is 1.00 bits per heavy atom. The molecule has 4 saturated carbocycles. The Morgan fingerprint density at radius 3 is 2.56 bits per heavy atom. The maximum Gasteiger partial charge on any atom is 0.0543 e. The first-order chi connectivity index (χ1) is 12.9. The SMILES string of the molecule is C=C1CC2(C)C(CC(O)CCC(C)C)CCC2C2CCC3CCCCC3C12. The second kappa shape index (κ2) is 7.85. The molecule has 1 nitrogen and oxygen atoms in total. The molecular formula is C26H44O. The van der Waals surface area contributed by atoms with Crippen molar-refractivity contribution >= 4 is 0 Å². The van der Waals surface area contributed by atoms with Gasteiger partial charge in [-0.1, -0.05) is 52.2 Å². The molecule has 8 unspecified atom stereocenters. The maximum absolute atomic E-state index is 10.7. The number of hydrogen-bond donors (Lipinski definition) is 1. The smallest absolute Gasteiger partial charge is 0.0543 e. The fraction of sp³-hybridized carbons (Fsp3) is 0.923. The maximum atomic E-state index is 10.7. The van der Waals surface area contributed by atoms with E-state index in [4.69, 9.17) is 6.58 Å². The topological polar surface area (TPSA) is 20.2 Å². The van der Waals surface area contributed by atoms with Crippen LogP contribution >= 0.6 is 0 Å². The normalized spacial score (nSPS) is 45.3. The van der Waals surface area contributed by atoms with Gasteiger partial charge >= 0.3 is 0 Å². The van der Waals surface area contributed by atoms with Crippen molar-refractivity contribution in [2.45, 2.75) is 104 Å². The van der Waals surface area contributed by atoms with Crippen LogP contribution in [0.4, 0.5) is 0 Å². The molecule has 0 heterocycles. The van der Waals surface area contributed by atoms with Crippen molar-refractivity contribution in [3.8, 4) is 0 Å². The molecule has 0 radical (unpaired) electrons. The van der Waals surface area contributed by atoms with Crippen LogP contribution in [0.1, 0.15) is 97.8 Å². The monoisotopic (exact) mass is 372 g/mol. The number of aliphatic hydroxyl groups is 1. The van der Waals surface area contributed by atoms with Crippen molar-refractivity contribution in [1.29, 1.82) is 0 Å². The van der Waals surface area contributed by atoms with Crippen molar-refractivity contribution in [3.05, 3.63) is 12.2 Å². The summed E-state index contributed by atoms with van der Waals surface area (Å²) in [5.41, 5.74) is 2.03. The second-order valence-corrected chi connectivity index (χ2v) is 11.6. The summed E-state index contributed by atoms with van der Waals surface area (Å²) in [5, 5.41) is 10.7. The summed E-state index contributed by atoms with van der Waals surface area (Å²) in [6.07, 6.45) is 16.0. The molecule has 154 valence electrons. The van der Waals surface area contributed by atoms with Crippen LogP contribution < -0.4 is 0 Å². The van der Waals surface area contributed by atoms with Crippen LogP contribution in [0.25, 0.3) is 0 Å². The van der Waals surface area contributed by atoms with E-state index >= 15 is 0 Å². The molecule has 1 heteroatoms. The third-order valence-electron chi connectivity index (χ3n) is 9.60. The van der Waals surface area contributed by atoms with Crippen molar-refractivity contribution in [1.82, 2.24) is 0 Å². The molecule has 1 N–H and O–H groups in total. The lowest BCUT2D eigenvalue weighted by Gasteiger charge is -2.56. The summed E-state index contributed by atoms with van der Waals surface area (Å²) in [7, 11) is 0. The lowest BCUT2D eigenvalue weighted by Crippen LogP contribution is -2.49. The average Bonchev–Trinajstić information content (AvgIpc) is 2.95. The molecule has 8 atom stereocenters. The first-order valence-corrected chi connectivity index (χ1v) is 12.3. The zero-order chi connectivity index (χ0) is 19.2. The highest BCUT2D eigenvalue weighted by atomic mass is 16.3. The summed E-state index contributed by atoms with van der Waals surface area (Å²) in [6.45, 7) is 11.8. The minimum Gasteiger partial charge on any atom is -0.393 e. The van der Waals surface area contributed by atoms with Crippen LogP contribution in [0.3, 0.4) is 0 Å². The minimum absolute atomic E-state index is 0.0898. The van der Waals surface area contributed by atoms with Crippen LogP contribution in [0.2, 0.25) is 0 Å². The van der Waals surface area contributed by atoms with Crippen LogP contribution in [-0.2, 0) is 0 Å². The summed E-state index contributed by atoms with van der Waals surface area (Å²) < 4.78 is 0. The van der Waals surface area contributed by atoms with Gasteiger partial charge in [0.05, 0.1) is 6.10 Å². The highest BCUT2D eigenvalue weighted by Crippen LogP contribution is 2.66. The minimum atomic E-state index is -0.0898. The standard InChI is InChI=1S/C26H44O/c1-17(2)9-12-21(27)15-20-11-14-24-23-13-10-19-7-5-6-8-22(19)25(23)18(3)16-26(20,24)4/h17,19-25,27H,3,5-16H2,1-2,4H3. The van der Waals surface area contributed by atoms with Gasteiger partial charge in [0.15, 0.2) is 0 Å². The van der Waals surface area contributed by atoms with E-state index in [-0.39, 0.29) is 6.10 Å². The summed E-state index contributed by atoms with van der Waals surface area (Å²) in [5.74, 6) is 6.04. The van der Waals surface area contributed by atoms with Crippen molar-refractivity contribution < 1.29 is 5.11 Å². The van der Waals surface area contributed by atoms with Gasteiger partial charge in [-0.2, -0.15) is 0 Å². The third kappa shape index (κ3) is 3.67. The fourth-order valence-corrected chi connectivity index (χ4v) is 8.32. The van der Waals surface area contributed by atoms with E-state index in [2.05, 4.69) is 20.8 Å². The second-order valence-electron chi connectivity index (χ2n) is 11.6. The third-order valence-corrected chi connectivity index (χ3v) is 9.60. The molecule has 4 rings (SSSR count). The number of fused-ring (bicyclic) bond motifs is 5. The van der Waals surface area contributed by atoms with Gasteiger partial charge in [0, 0.05) is 0 Å². The van der Waals surface area contributed by atoms with Gasteiger partial charge in [-0.05, 0) is 105 Å². The molecule has 0 amide bonds. The summed E-state index contributed by atoms with van der Waals surface area (Å²) in [6, 6.07) is 0. The van der Waals surface area contributed by atoms with E-state index < -0.39 is 0 Å². The molecule has 0 aliphatic heterocycles.